The zero-order valence-corrected chi connectivity index (χ0v) is 36.1. The van der Waals surface area contributed by atoms with Crippen LogP contribution in [0.15, 0.2) is 24.3 Å². The second kappa shape index (κ2) is 22.7. The molecule has 0 amide bonds. The number of hydrogen-bond acceptors (Lipinski definition) is 16. The summed E-state index contributed by atoms with van der Waals surface area (Å²) in [7, 11) is 4.89. The van der Waals surface area contributed by atoms with Gasteiger partial charge in [0.25, 0.3) is 0 Å². The molecular formula is C42H69NO15. The van der Waals surface area contributed by atoms with Gasteiger partial charge in [0, 0.05) is 39.7 Å². The van der Waals surface area contributed by atoms with Crippen LogP contribution >= 0.6 is 0 Å². The number of likely N-dealkylation sites (N-methyl/N-ethyl adjacent to an activating group) is 1. The summed E-state index contributed by atoms with van der Waals surface area (Å²) in [4.78, 5) is 52.3. The lowest BCUT2D eigenvalue weighted by atomic mass is 9.84. The highest BCUT2D eigenvalue weighted by Crippen LogP contribution is 2.37. The molecule has 3 rings (SSSR count). The molecule has 0 radical (unpaired) electrons. The number of ether oxygens (including phenoxy) is 8. The maximum absolute atomic E-state index is 13.3. The van der Waals surface area contributed by atoms with E-state index in [4.69, 9.17) is 37.9 Å². The van der Waals surface area contributed by atoms with Gasteiger partial charge in [-0.1, -0.05) is 45.1 Å². The van der Waals surface area contributed by atoms with Gasteiger partial charge in [-0.05, 0) is 66.0 Å². The van der Waals surface area contributed by atoms with Crippen molar-refractivity contribution in [2.24, 2.45) is 17.8 Å². The Hall–Kier alpha value is -2.80. The van der Waals surface area contributed by atoms with Crippen LogP contribution < -0.4 is 0 Å². The Morgan fingerprint density at radius 3 is 2.24 bits per heavy atom. The monoisotopic (exact) mass is 827 g/mol. The van der Waals surface area contributed by atoms with Gasteiger partial charge in [0.2, 0.25) is 0 Å². The number of methoxy groups -OCH3 is 1. The Balaban J connectivity index is 1.97. The first-order chi connectivity index (χ1) is 27.2. The zero-order chi connectivity index (χ0) is 43.5. The van der Waals surface area contributed by atoms with Gasteiger partial charge in [0.15, 0.2) is 18.7 Å². The van der Waals surface area contributed by atoms with Crippen molar-refractivity contribution in [2.45, 2.75) is 179 Å². The van der Waals surface area contributed by atoms with Gasteiger partial charge >= 0.3 is 17.9 Å². The third-order valence-electron chi connectivity index (χ3n) is 10.8. The van der Waals surface area contributed by atoms with Crippen LogP contribution in [-0.4, -0.2) is 151 Å². The molecule has 0 aliphatic carbocycles. The first-order valence-electron chi connectivity index (χ1n) is 20.4. The predicted octanol–water partition coefficient (Wildman–Crippen LogP) is 3.01. The van der Waals surface area contributed by atoms with Crippen LogP contribution in [0.1, 0.15) is 93.9 Å². The molecule has 3 heterocycles. The number of aliphatic hydroxyl groups is 3. The number of allylic oxidation sites excluding steroid dienone is 3. The topological polar surface area (TPSA) is 206 Å². The highest BCUT2D eigenvalue weighted by molar-refractivity contribution is 5.72. The molecule has 16 nitrogen and oxygen atoms in total. The first kappa shape index (κ1) is 49.6. The molecule has 0 aromatic rings. The third-order valence-corrected chi connectivity index (χ3v) is 10.8. The molecule has 332 valence electrons. The van der Waals surface area contributed by atoms with E-state index in [1.807, 2.05) is 26.8 Å². The van der Waals surface area contributed by atoms with E-state index in [-0.39, 0.29) is 37.5 Å². The van der Waals surface area contributed by atoms with Crippen LogP contribution in [0.4, 0.5) is 0 Å². The number of cyclic esters (lactones) is 1. The van der Waals surface area contributed by atoms with E-state index < -0.39 is 116 Å². The lowest BCUT2D eigenvalue weighted by Crippen LogP contribution is -2.66. The van der Waals surface area contributed by atoms with Crippen LogP contribution in [0.5, 0.6) is 0 Å². The Morgan fingerprint density at radius 2 is 1.66 bits per heavy atom. The fraction of sp³-hybridized carbons (Fsp3) is 0.810. The van der Waals surface area contributed by atoms with E-state index in [9.17, 15) is 34.5 Å². The lowest BCUT2D eigenvalue weighted by Gasteiger charge is -2.50. The summed E-state index contributed by atoms with van der Waals surface area (Å²) < 4.78 is 48.6. The fourth-order valence-electron chi connectivity index (χ4n) is 8.17. The summed E-state index contributed by atoms with van der Waals surface area (Å²) in [5, 5.41) is 34.0. The maximum Gasteiger partial charge on any atom is 0.309 e. The molecule has 2 fully saturated rings. The SMILES string of the molecule is CO[C@@H]1[C@@H](O[C@@H]2OC(C)[C@@H](O[C@H]3C[C@](C)(O)[C@@H](OC(=O)CC(C)C)C(C)O3)[C@@H](N(C)C)C2O)[C@@H](CC=O)C[C@@H](C)C=CC=CC(O)C[C@@H](C)OC(=O)C[C@H]1OC(C)=O. The summed E-state index contributed by atoms with van der Waals surface area (Å²) in [5.41, 5.74) is -1.49. The van der Waals surface area contributed by atoms with Gasteiger partial charge in [0.1, 0.15) is 42.4 Å². The van der Waals surface area contributed by atoms with Crippen molar-refractivity contribution in [3.8, 4) is 0 Å². The zero-order valence-electron chi connectivity index (χ0n) is 36.1. The van der Waals surface area contributed by atoms with Gasteiger partial charge < -0.3 is 62.9 Å². The van der Waals surface area contributed by atoms with E-state index in [2.05, 4.69) is 0 Å². The highest BCUT2D eigenvalue weighted by atomic mass is 16.7. The molecule has 3 N–H and O–H groups in total. The molecular weight excluding hydrogens is 758 g/mol. The van der Waals surface area contributed by atoms with Crippen LogP contribution in [0.3, 0.4) is 0 Å². The van der Waals surface area contributed by atoms with Crippen molar-refractivity contribution in [3.63, 3.8) is 0 Å². The molecule has 16 heteroatoms. The van der Waals surface area contributed by atoms with Crippen LogP contribution in [0, 0.1) is 17.8 Å². The van der Waals surface area contributed by atoms with Crippen molar-refractivity contribution in [3.05, 3.63) is 24.3 Å². The second-order valence-corrected chi connectivity index (χ2v) is 17.0. The largest absolute Gasteiger partial charge is 0.462 e. The van der Waals surface area contributed by atoms with Crippen LogP contribution in [0.25, 0.3) is 0 Å². The standard InChI is InChI=1S/C42H69NO15/c1-23(2)18-32(47)56-40-27(6)53-34(22-42(40,8)50)57-37-26(5)54-41(36(49)35(37)43(9)10)58-38-29(16-17-44)19-24(3)14-12-13-15-30(46)20-25(4)52-33(48)21-31(39(38)51-11)55-28(7)45/h12-15,17,23-27,29-31,34-41,46,49-50H,16,18-22H2,1-11H3/t24-,25+,26?,27?,29-,30?,31+,34-,35-,36?,37+,38-,39-,40-,41-,42-/m0/s1. The molecule has 0 bridgehead atoms. The van der Waals surface area contributed by atoms with Crippen LogP contribution in [-0.2, 0) is 57.1 Å². The molecule has 3 aliphatic rings. The normalized spacial score (nSPS) is 39.6. The van der Waals surface area contributed by atoms with Gasteiger partial charge in [-0.25, -0.2) is 0 Å². The van der Waals surface area contributed by atoms with Gasteiger partial charge in [0.05, 0.1) is 36.9 Å². The van der Waals surface area contributed by atoms with Gasteiger partial charge in [-0.3, -0.25) is 14.4 Å². The summed E-state index contributed by atoms with van der Waals surface area (Å²) >= 11 is 0. The molecule has 3 aliphatic heterocycles. The number of aldehydes is 1. The minimum Gasteiger partial charge on any atom is -0.462 e. The third kappa shape index (κ3) is 14.4. The van der Waals surface area contributed by atoms with Gasteiger partial charge in [-0.2, -0.15) is 0 Å². The minimum atomic E-state index is -1.49. The van der Waals surface area contributed by atoms with E-state index >= 15 is 0 Å². The minimum absolute atomic E-state index is 0.0162. The number of nitrogens with zero attached hydrogens (tertiary/aromatic N) is 1. The number of carbonyl (C=O) groups excluding carboxylic acids is 4. The molecule has 58 heavy (non-hydrogen) atoms. The molecule has 0 spiro atoms. The number of rotatable bonds is 12. The first-order valence-corrected chi connectivity index (χ1v) is 20.4. The Bertz CT molecular complexity index is 1390. The Labute approximate surface area is 343 Å². The lowest BCUT2D eigenvalue weighted by molar-refractivity contribution is -0.344. The smallest absolute Gasteiger partial charge is 0.309 e. The number of carbonyl (C=O) groups is 4. The molecule has 16 atom stereocenters. The summed E-state index contributed by atoms with van der Waals surface area (Å²) in [6, 6.07) is -0.763. The van der Waals surface area contributed by atoms with Crippen molar-refractivity contribution >= 4 is 24.2 Å². The van der Waals surface area contributed by atoms with Crippen molar-refractivity contribution in [2.75, 3.05) is 21.2 Å². The quantitative estimate of drug-likeness (QED) is 0.147. The fourth-order valence-corrected chi connectivity index (χ4v) is 8.17. The van der Waals surface area contributed by atoms with E-state index in [0.29, 0.717) is 6.42 Å². The van der Waals surface area contributed by atoms with Crippen molar-refractivity contribution < 1.29 is 72.4 Å². The molecule has 0 saturated carbocycles. The maximum atomic E-state index is 13.3. The summed E-state index contributed by atoms with van der Waals surface area (Å²) in [5.74, 6) is -2.50. The van der Waals surface area contributed by atoms with E-state index in [1.54, 1.807) is 64.9 Å². The number of hydrogen-bond donors (Lipinski definition) is 3. The van der Waals surface area contributed by atoms with Crippen molar-refractivity contribution in [1.82, 2.24) is 4.90 Å². The average molecular weight is 828 g/mol. The second-order valence-electron chi connectivity index (χ2n) is 17.0. The Morgan fingerprint density at radius 1 is 0.983 bits per heavy atom. The van der Waals surface area contributed by atoms with Crippen LogP contribution in [0.2, 0.25) is 0 Å². The molecule has 0 aromatic carbocycles. The Kier molecular flexibility index (Phi) is 19.4. The molecule has 0 aromatic heterocycles. The molecule has 4 unspecified atom stereocenters. The number of aliphatic hydroxyl groups excluding tert-OH is 2. The average Bonchev–Trinajstić information content (AvgIpc) is 3.08. The number of esters is 3. The highest BCUT2D eigenvalue weighted by Gasteiger charge is 2.53. The summed E-state index contributed by atoms with van der Waals surface area (Å²) in [6.07, 6.45) is -3.94. The van der Waals surface area contributed by atoms with E-state index in [1.165, 1.54) is 14.0 Å². The van der Waals surface area contributed by atoms with Crippen molar-refractivity contribution in [1.29, 1.82) is 0 Å². The summed E-state index contributed by atoms with van der Waals surface area (Å²) in [6.45, 7) is 13.6. The predicted molar refractivity (Wildman–Crippen MR) is 210 cm³/mol. The molecule has 2 saturated heterocycles. The van der Waals surface area contributed by atoms with Gasteiger partial charge in [-0.15, -0.1) is 0 Å². The van der Waals surface area contributed by atoms with E-state index in [0.717, 1.165) is 6.29 Å².